The van der Waals surface area contributed by atoms with E-state index in [0.717, 1.165) is 44.1 Å². The van der Waals surface area contributed by atoms with Crippen molar-refractivity contribution < 1.29 is 13.2 Å². The van der Waals surface area contributed by atoms with Gasteiger partial charge in [-0.1, -0.05) is 25.5 Å². The minimum absolute atomic E-state index is 0.0563. The molecule has 1 aliphatic carbocycles. The minimum atomic E-state index is -3.48. The van der Waals surface area contributed by atoms with Crippen LogP contribution in [0.3, 0.4) is 0 Å². The predicted octanol–water partition coefficient (Wildman–Crippen LogP) is 3.10. The van der Waals surface area contributed by atoms with Crippen molar-refractivity contribution in [2.24, 2.45) is 0 Å². The number of ether oxygens (including phenoxy) is 1. The van der Waals surface area contributed by atoms with Gasteiger partial charge in [-0.2, -0.15) is 0 Å². The van der Waals surface area contributed by atoms with Crippen molar-refractivity contribution in [1.29, 1.82) is 0 Å². The molecule has 0 atom stereocenters. The topological polar surface area (TPSA) is 81.2 Å². The van der Waals surface area contributed by atoms with Gasteiger partial charge in [0.2, 0.25) is 15.9 Å². The molecule has 0 radical (unpaired) electrons. The first-order valence-electron chi connectivity index (χ1n) is 9.11. The lowest BCUT2D eigenvalue weighted by atomic mass is 9.94. The second-order valence-electron chi connectivity index (χ2n) is 6.65. The van der Waals surface area contributed by atoms with Gasteiger partial charge in [0, 0.05) is 18.4 Å². The Morgan fingerprint density at radius 1 is 1.12 bits per heavy atom. The molecule has 140 valence electrons. The fourth-order valence-electron chi connectivity index (χ4n) is 3.23. The molecule has 0 spiro atoms. The van der Waals surface area contributed by atoms with Crippen LogP contribution in [0.1, 0.15) is 44.6 Å². The smallest absolute Gasteiger partial charge is 0.240 e. The van der Waals surface area contributed by atoms with Crippen LogP contribution in [0.25, 0.3) is 0 Å². The van der Waals surface area contributed by atoms with Gasteiger partial charge in [-0.3, -0.25) is 4.98 Å². The van der Waals surface area contributed by atoms with Gasteiger partial charge in [-0.05, 0) is 49.8 Å². The Hall–Kier alpha value is -1.99. The van der Waals surface area contributed by atoms with Crippen LogP contribution in [0.5, 0.6) is 5.88 Å². The van der Waals surface area contributed by atoms with Crippen LogP contribution in [-0.2, 0) is 16.4 Å². The van der Waals surface area contributed by atoms with Gasteiger partial charge >= 0.3 is 0 Å². The molecule has 26 heavy (non-hydrogen) atoms. The van der Waals surface area contributed by atoms with Gasteiger partial charge < -0.3 is 4.74 Å². The molecule has 1 aromatic heterocycles. The van der Waals surface area contributed by atoms with Gasteiger partial charge in [-0.15, -0.1) is 0 Å². The van der Waals surface area contributed by atoms with Crippen LogP contribution in [0.4, 0.5) is 0 Å². The second kappa shape index (κ2) is 8.60. The number of aryl methyl sites for hydroxylation is 1. The molecule has 6 nitrogen and oxygen atoms in total. The lowest BCUT2D eigenvalue weighted by Gasteiger charge is -2.28. The molecule has 0 unspecified atom stereocenters. The third kappa shape index (κ3) is 5.02. The lowest BCUT2D eigenvalue weighted by molar-refractivity contribution is 0.138. The molecule has 1 N–H and O–H groups in total. The van der Waals surface area contributed by atoms with Crippen LogP contribution in [0.15, 0.2) is 47.8 Å². The van der Waals surface area contributed by atoms with Crippen molar-refractivity contribution in [3.05, 3.63) is 48.4 Å². The van der Waals surface area contributed by atoms with Crippen LogP contribution in [-0.4, -0.2) is 30.5 Å². The zero-order valence-corrected chi connectivity index (χ0v) is 15.8. The molecular weight excluding hydrogens is 350 g/mol. The Morgan fingerprint density at radius 3 is 2.46 bits per heavy atom. The quantitative estimate of drug-likeness (QED) is 0.804. The van der Waals surface area contributed by atoms with Gasteiger partial charge in [0.15, 0.2) is 0 Å². The summed E-state index contributed by atoms with van der Waals surface area (Å²) < 4.78 is 33.8. The number of nitrogens with zero attached hydrogens (tertiary/aromatic N) is 2. The summed E-state index contributed by atoms with van der Waals surface area (Å²) in [6.07, 6.45) is 9.94. The number of nitrogens with one attached hydrogen (secondary N) is 1. The highest BCUT2D eigenvalue weighted by Crippen LogP contribution is 2.24. The molecule has 2 aromatic rings. The standard InChI is InChI=1S/C19H25N3O3S/c1-2-3-15-4-10-18(11-5-15)26(23,24)22-16-6-8-17(9-7-16)25-19-14-20-12-13-21-19/h4-5,10-14,16-17,22H,2-3,6-9H2,1H3. The molecule has 0 saturated heterocycles. The molecule has 0 aliphatic heterocycles. The number of hydrogen-bond acceptors (Lipinski definition) is 5. The van der Waals surface area contributed by atoms with E-state index in [1.54, 1.807) is 30.7 Å². The summed E-state index contributed by atoms with van der Waals surface area (Å²) >= 11 is 0. The maximum absolute atomic E-state index is 12.6. The molecule has 1 fully saturated rings. The maximum Gasteiger partial charge on any atom is 0.240 e. The first-order chi connectivity index (χ1) is 12.6. The molecule has 1 heterocycles. The predicted molar refractivity (Wildman–Crippen MR) is 99.5 cm³/mol. The van der Waals surface area contributed by atoms with Gasteiger partial charge in [0.25, 0.3) is 0 Å². The summed E-state index contributed by atoms with van der Waals surface area (Å²) in [4.78, 5) is 8.43. The van der Waals surface area contributed by atoms with Crippen LogP contribution in [0.2, 0.25) is 0 Å². The van der Waals surface area contributed by atoms with E-state index in [1.165, 1.54) is 0 Å². The van der Waals surface area contributed by atoms with Gasteiger partial charge in [-0.25, -0.2) is 18.1 Å². The van der Waals surface area contributed by atoms with Crippen molar-refractivity contribution in [1.82, 2.24) is 14.7 Å². The van der Waals surface area contributed by atoms with Gasteiger partial charge in [0.05, 0.1) is 11.1 Å². The highest BCUT2D eigenvalue weighted by Gasteiger charge is 2.26. The Labute approximate surface area is 155 Å². The van der Waals surface area contributed by atoms with Crippen LogP contribution >= 0.6 is 0 Å². The number of aromatic nitrogens is 2. The average molecular weight is 375 g/mol. The highest BCUT2D eigenvalue weighted by atomic mass is 32.2. The lowest BCUT2D eigenvalue weighted by Crippen LogP contribution is -2.39. The van der Waals surface area contributed by atoms with E-state index in [9.17, 15) is 8.42 Å². The third-order valence-electron chi connectivity index (χ3n) is 4.60. The van der Waals surface area contributed by atoms with E-state index in [0.29, 0.717) is 10.8 Å². The highest BCUT2D eigenvalue weighted by molar-refractivity contribution is 7.89. The maximum atomic E-state index is 12.6. The van der Waals surface area contributed by atoms with Crippen molar-refractivity contribution in [3.63, 3.8) is 0 Å². The first-order valence-corrected chi connectivity index (χ1v) is 10.6. The largest absolute Gasteiger partial charge is 0.473 e. The zero-order chi connectivity index (χ0) is 18.4. The van der Waals surface area contributed by atoms with Crippen molar-refractivity contribution in [2.45, 2.75) is 62.5 Å². The van der Waals surface area contributed by atoms with E-state index in [1.807, 2.05) is 12.1 Å². The molecule has 7 heteroatoms. The number of hydrogen-bond donors (Lipinski definition) is 1. The van der Waals surface area contributed by atoms with Crippen molar-refractivity contribution in [2.75, 3.05) is 0 Å². The monoisotopic (exact) mass is 375 g/mol. The normalized spacial score (nSPS) is 20.7. The Kier molecular flexibility index (Phi) is 6.21. The molecule has 0 bridgehead atoms. The molecule has 0 amide bonds. The summed E-state index contributed by atoms with van der Waals surface area (Å²) in [5.74, 6) is 0.517. The van der Waals surface area contributed by atoms with Gasteiger partial charge in [0.1, 0.15) is 6.10 Å². The summed E-state index contributed by atoms with van der Waals surface area (Å²) in [5, 5.41) is 0. The minimum Gasteiger partial charge on any atom is -0.473 e. The summed E-state index contributed by atoms with van der Waals surface area (Å²) in [6.45, 7) is 2.11. The number of rotatable bonds is 7. The molecule has 3 rings (SSSR count). The first kappa shape index (κ1) is 18.8. The molecule has 1 aliphatic rings. The Morgan fingerprint density at radius 2 is 1.85 bits per heavy atom. The summed E-state index contributed by atoms with van der Waals surface area (Å²) in [6, 6.07) is 7.11. The fourth-order valence-corrected chi connectivity index (χ4v) is 4.53. The van der Waals surface area contributed by atoms with Crippen LogP contribution in [0, 0.1) is 0 Å². The summed E-state index contributed by atoms with van der Waals surface area (Å²) in [7, 11) is -3.48. The zero-order valence-electron chi connectivity index (χ0n) is 15.0. The Bertz CT molecular complexity index is 787. The SMILES string of the molecule is CCCc1ccc(S(=O)(=O)NC2CCC(Oc3cnccn3)CC2)cc1. The third-order valence-corrected chi connectivity index (χ3v) is 6.13. The van der Waals surface area contributed by atoms with E-state index >= 15 is 0 Å². The molecular formula is C19H25N3O3S. The average Bonchev–Trinajstić information content (AvgIpc) is 2.65. The molecule has 1 aromatic carbocycles. The summed E-state index contributed by atoms with van der Waals surface area (Å²) in [5.41, 5.74) is 1.16. The van der Waals surface area contributed by atoms with E-state index in [4.69, 9.17) is 4.74 Å². The fraction of sp³-hybridized carbons (Fsp3) is 0.474. The van der Waals surface area contributed by atoms with E-state index in [2.05, 4.69) is 21.6 Å². The molecule has 1 saturated carbocycles. The number of sulfonamides is 1. The number of benzene rings is 1. The van der Waals surface area contributed by atoms with E-state index < -0.39 is 10.0 Å². The van der Waals surface area contributed by atoms with Crippen LogP contribution < -0.4 is 9.46 Å². The van der Waals surface area contributed by atoms with E-state index in [-0.39, 0.29) is 12.1 Å². The van der Waals surface area contributed by atoms with Crippen molar-refractivity contribution in [3.8, 4) is 5.88 Å². The van der Waals surface area contributed by atoms with Crippen molar-refractivity contribution >= 4 is 10.0 Å². The second-order valence-corrected chi connectivity index (χ2v) is 8.36. The Balaban J connectivity index is 1.53.